The lowest BCUT2D eigenvalue weighted by Gasteiger charge is -2.12. The van der Waals surface area contributed by atoms with Crippen LogP contribution in [0.1, 0.15) is 17.2 Å². The lowest BCUT2D eigenvalue weighted by molar-refractivity contribution is 0.178. The van der Waals surface area contributed by atoms with E-state index in [4.69, 9.17) is 11.6 Å². The Balaban J connectivity index is 2.16. The molecule has 1 atom stereocenters. The van der Waals surface area contributed by atoms with E-state index in [1.54, 1.807) is 0 Å². The molecule has 0 saturated carbocycles. The third-order valence-corrected chi connectivity index (χ3v) is 4.76. The van der Waals surface area contributed by atoms with Crippen LogP contribution < -0.4 is 0 Å². The first-order valence-corrected chi connectivity index (χ1v) is 7.40. The summed E-state index contributed by atoms with van der Waals surface area (Å²) in [7, 11) is 0. The van der Waals surface area contributed by atoms with Crippen LogP contribution in [0.2, 0.25) is 5.02 Å². The second kappa shape index (κ2) is 6.20. The van der Waals surface area contributed by atoms with E-state index in [9.17, 15) is 5.11 Å². The molecule has 2 rings (SSSR count). The van der Waals surface area contributed by atoms with Gasteiger partial charge in [-0.3, -0.25) is 0 Å². The highest BCUT2D eigenvalue weighted by Crippen LogP contribution is 2.28. The van der Waals surface area contributed by atoms with E-state index in [0.717, 1.165) is 20.1 Å². The summed E-state index contributed by atoms with van der Waals surface area (Å²) in [6, 6.07) is 13.3. The van der Waals surface area contributed by atoms with Crippen LogP contribution in [0.3, 0.4) is 0 Å². The topological polar surface area (TPSA) is 20.2 Å². The zero-order valence-electron chi connectivity index (χ0n) is 9.41. The van der Waals surface area contributed by atoms with Crippen LogP contribution in [0, 0.1) is 0 Å². The molecule has 0 spiro atoms. The number of benzene rings is 2. The summed E-state index contributed by atoms with van der Waals surface area (Å²) in [5, 5.41) is 10.9. The van der Waals surface area contributed by atoms with E-state index in [1.807, 2.05) is 42.5 Å². The van der Waals surface area contributed by atoms with Gasteiger partial charge in [0.1, 0.15) is 0 Å². The van der Waals surface area contributed by atoms with Crippen molar-refractivity contribution < 1.29 is 5.11 Å². The molecule has 0 bridgehead atoms. The monoisotopic (exact) mass is 388 g/mol. The zero-order valence-corrected chi connectivity index (χ0v) is 13.3. The van der Waals surface area contributed by atoms with Crippen LogP contribution in [0.25, 0.3) is 0 Å². The van der Waals surface area contributed by atoms with Gasteiger partial charge in [-0.2, -0.15) is 0 Å². The van der Waals surface area contributed by atoms with Crippen molar-refractivity contribution in [1.29, 1.82) is 0 Å². The summed E-state index contributed by atoms with van der Waals surface area (Å²) in [5.74, 6) is 0. The second-order valence-corrected chi connectivity index (χ2v) is 6.17. The lowest BCUT2D eigenvalue weighted by Crippen LogP contribution is -2.01. The van der Waals surface area contributed by atoms with Crippen LogP contribution in [0.5, 0.6) is 0 Å². The molecule has 1 nitrogen and oxygen atoms in total. The number of rotatable bonds is 3. The van der Waals surface area contributed by atoms with Gasteiger partial charge in [0.05, 0.1) is 6.10 Å². The molecule has 0 aliphatic carbocycles. The number of aliphatic hydroxyl groups is 1. The zero-order chi connectivity index (χ0) is 13.1. The molecular formula is C14H11Br2ClO. The van der Waals surface area contributed by atoms with Crippen LogP contribution in [-0.4, -0.2) is 5.11 Å². The number of aliphatic hydroxyl groups excluding tert-OH is 1. The quantitative estimate of drug-likeness (QED) is 0.769. The highest BCUT2D eigenvalue weighted by molar-refractivity contribution is 9.13. The van der Waals surface area contributed by atoms with Gasteiger partial charge in [-0.25, -0.2) is 0 Å². The summed E-state index contributed by atoms with van der Waals surface area (Å²) in [6.07, 6.45) is 0.0158. The van der Waals surface area contributed by atoms with E-state index in [1.165, 1.54) is 0 Å². The maximum atomic E-state index is 10.2. The van der Waals surface area contributed by atoms with Gasteiger partial charge < -0.3 is 5.11 Å². The van der Waals surface area contributed by atoms with Gasteiger partial charge in [0.2, 0.25) is 0 Å². The minimum Gasteiger partial charge on any atom is -0.388 e. The normalized spacial score (nSPS) is 12.4. The van der Waals surface area contributed by atoms with Crippen molar-refractivity contribution in [3.8, 4) is 0 Å². The highest BCUT2D eigenvalue weighted by Gasteiger charge is 2.10. The minimum absolute atomic E-state index is 0.534. The Morgan fingerprint density at radius 1 is 1.06 bits per heavy atom. The Morgan fingerprint density at radius 2 is 1.83 bits per heavy atom. The second-order valence-electron chi connectivity index (χ2n) is 4.02. The van der Waals surface area contributed by atoms with Gasteiger partial charge in [-0.05, 0) is 67.3 Å². The molecule has 2 aromatic carbocycles. The number of halogens is 3. The average molecular weight is 391 g/mol. The van der Waals surface area contributed by atoms with E-state index in [2.05, 4.69) is 31.9 Å². The van der Waals surface area contributed by atoms with Gasteiger partial charge >= 0.3 is 0 Å². The first-order valence-electron chi connectivity index (χ1n) is 5.44. The van der Waals surface area contributed by atoms with Crippen LogP contribution in [0.15, 0.2) is 51.4 Å². The third kappa shape index (κ3) is 3.58. The highest BCUT2D eigenvalue weighted by atomic mass is 79.9. The van der Waals surface area contributed by atoms with Crippen LogP contribution in [0.4, 0.5) is 0 Å². The Bertz CT molecular complexity index is 557. The largest absolute Gasteiger partial charge is 0.388 e. The molecular weight excluding hydrogens is 379 g/mol. The smallest absolute Gasteiger partial charge is 0.0830 e. The van der Waals surface area contributed by atoms with E-state index in [0.29, 0.717) is 11.4 Å². The SMILES string of the molecule is OC(Cc1cccc(Cl)c1)c1ccc(Br)c(Br)c1. The molecule has 0 saturated heterocycles. The molecule has 0 aliphatic rings. The Morgan fingerprint density at radius 3 is 2.50 bits per heavy atom. The molecule has 1 unspecified atom stereocenters. The van der Waals surface area contributed by atoms with Crippen molar-refractivity contribution in [1.82, 2.24) is 0 Å². The molecule has 0 aliphatic heterocycles. The molecule has 0 fully saturated rings. The van der Waals surface area contributed by atoms with Crippen molar-refractivity contribution in [3.63, 3.8) is 0 Å². The van der Waals surface area contributed by atoms with E-state index < -0.39 is 6.10 Å². The summed E-state index contributed by atoms with van der Waals surface area (Å²) >= 11 is 12.8. The Kier molecular flexibility index (Phi) is 4.84. The predicted octanol–water partition coefficient (Wildman–Crippen LogP) is 5.14. The molecule has 4 heteroatoms. The fourth-order valence-corrected chi connectivity index (χ4v) is 2.58. The van der Waals surface area contributed by atoms with Gasteiger partial charge in [-0.15, -0.1) is 0 Å². The predicted molar refractivity (Wildman–Crippen MR) is 82.0 cm³/mol. The molecule has 94 valence electrons. The van der Waals surface area contributed by atoms with Crippen molar-refractivity contribution >= 4 is 43.5 Å². The minimum atomic E-state index is -0.534. The maximum Gasteiger partial charge on any atom is 0.0830 e. The lowest BCUT2D eigenvalue weighted by atomic mass is 10.0. The van der Waals surface area contributed by atoms with Crippen LogP contribution >= 0.6 is 43.5 Å². The van der Waals surface area contributed by atoms with E-state index >= 15 is 0 Å². The summed E-state index contributed by atoms with van der Waals surface area (Å²) in [5.41, 5.74) is 1.90. The first kappa shape index (κ1) is 14.1. The van der Waals surface area contributed by atoms with Crippen LogP contribution in [-0.2, 0) is 6.42 Å². The molecule has 2 aromatic rings. The van der Waals surface area contributed by atoms with Gasteiger partial charge in [0, 0.05) is 20.4 Å². The molecule has 1 N–H and O–H groups in total. The van der Waals surface area contributed by atoms with Crippen molar-refractivity contribution in [2.75, 3.05) is 0 Å². The fraction of sp³-hybridized carbons (Fsp3) is 0.143. The van der Waals surface area contributed by atoms with E-state index in [-0.39, 0.29) is 0 Å². The third-order valence-electron chi connectivity index (χ3n) is 2.65. The summed E-state index contributed by atoms with van der Waals surface area (Å²) < 4.78 is 1.91. The summed E-state index contributed by atoms with van der Waals surface area (Å²) in [4.78, 5) is 0. The Labute approximate surface area is 128 Å². The number of hydrogen-bond donors (Lipinski definition) is 1. The van der Waals surface area contributed by atoms with Crippen molar-refractivity contribution in [3.05, 3.63) is 67.6 Å². The fourth-order valence-electron chi connectivity index (χ4n) is 1.72. The van der Waals surface area contributed by atoms with Crippen molar-refractivity contribution in [2.24, 2.45) is 0 Å². The standard InChI is InChI=1S/C14H11Br2ClO/c15-12-5-4-10(8-13(12)16)14(18)7-9-2-1-3-11(17)6-9/h1-6,8,14,18H,7H2. The average Bonchev–Trinajstić information content (AvgIpc) is 2.32. The first-order chi connectivity index (χ1) is 8.56. The molecule has 0 amide bonds. The Hall–Kier alpha value is -0.350. The molecule has 0 aromatic heterocycles. The number of hydrogen-bond acceptors (Lipinski definition) is 1. The van der Waals surface area contributed by atoms with Crippen molar-refractivity contribution in [2.45, 2.75) is 12.5 Å². The maximum absolute atomic E-state index is 10.2. The van der Waals surface area contributed by atoms with Gasteiger partial charge in [0.25, 0.3) is 0 Å². The molecule has 18 heavy (non-hydrogen) atoms. The van der Waals surface area contributed by atoms with Gasteiger partial charge in [0.15, 0.2) is 0 Å². The molecule has 0 heterocycles. The van der Waals surface area contributed by atoms with Gasteiger partial charge in [-0.1, -0.05) is 29.8 Å². The molecule has 0 radical (unpaired) electrons. The summed E-state index contributed by atoms with van der Waals surface area (Å²) in [6.45, 7) is 0.